The first-order valence-electron chi connectivity index (χ1n) is 4.47. The van der Waals surface area contributed by atoms with Crippen LogP contribution in [0.4, 0.5) is 10.1 Å². The summed E-state index contributed by atoms with van der Waals surface area (Å²) in [5.41, 5.74) is -0.765. The summed E-state index contributed by atoms with van der Waals surface area (Å²) < 4.78 is 13.0. The quantitative estimate of drug-likeness (QED) is 0.665. The molecule has 0 spiro atoms. The topological polar surface area (TPSA) is 72.2 Å². The summed E-state index contributed by atoms with van der Waals surface area (Å²) in [6, 6.07) is 2.87. The number of hydrogen-bond acceptors (Lipinski definition) is 3. The average Bonchev–Trinajstić information content (AvgIpc) is 2.26. The van der Waals surface area contributed by atoms with Gasteiger partial charge in [0, 0.05) is 16.7 Å². The molecule has 0 aliphatic rings. The van der Waals surface area contributed by atoms with Gasteiger partial charge in [0.1, 0.15) is 0 Å². The molecule has 90 valence electrons. The molecule has 0 atom stereocenters. The van der Waals surface area contributed by atoms with E-state index in [-0.39, 0.29) is 17.1 Å². The molecule has 1 amide bonds. The molecule has 1 aromatic carbocycles. The number of nitrogens with one attached hydrogen (secondary N) is 1. The number of carbonyl (C=O) groups is 1. The highest BCUT2D eigenvalue weighted by Crippen LogP contribution is 2.18. The first-order chi connectivity index (χ1) is 7.91. The summed E-state index contributed by atoms with van der Waals surface area (Å²) in [6.07, 6.45) is 0. The maximum atomic E-state index is 13.0. The van der Waals surface area contributed by atoms with Crippen molar-refractivity contribution < 1.29 is 14.1 Å². The van der Waals surface area contributed by atoms with Crippen LogP contribution in [-0.2, 0) is 0 Å². The fourth-order valence-electron chi connectivity index (χ4n) is 1.07. The second-order valence-corrected chi connectivity index (χ2v) is 3.66. The molecule has 0 aliphatic carbocycles. The molecule has 0 unspecified atom stereocenters. The monoisotopic (exact) mass is 258 g/mol. The first-order valence-corrected chi connectivity index (χ1v) is 4.85. The Balaban J connectivity index is 2.92. The number of nitrogens with zero attached hydrogens (tertiary/aromatic N) is 1. The van der Waals surface area contributed by atoms with E-state index in [0.717, 1.165) is 18.2 Å². The molecule has 1 aromatic rings. The van der Waals surface area contributed by atoms with E-state index in [9.17, 15) is 19.3 Å². The lowest BCUT2D eigenvalue weighted by molar-refractivity contribution is -0.387. The van der Waals surface area contributed by atoms with Crippen LogP contribution in [0.15, 0.2) is 29.8 Å². The van der Waals surface area contributed by atoms with E-state index < -0.39 is 22.3 Å². The van der Waals surface area contributed by atoms with Crippen LogP contribution in [0.25, 0.3) is 0 Å². The Morgan fingerprint density at radius 1 is 1.59 bits per heavy atom. The van der Waals surface area contributed by atoms with Crippen LogP contribution >= 0.6 is 11.6 Å². The molecule has 0 radical (unpaired) electrons. The lowest BCUT2D eigenvalue weighted by atomic mass is 10.2. The second kappa shape index (κ2) is 5.40. The van der Waals surface area contributed by atoms with Crippen molar-refractivity contribution in [1.29, 1.82) is 0 Å². The minimum absolute atomic E-state index is 0.0176. The summed E-state index contributed by atoms with van der Waals surface area (Å²) in [5, 5.41) is 13.0. The molecule has 17 heavy (non-hydrogen) atoms. The molecule has 1 rings (SSSR count). The highest BCUT2D eigenvalue weighted by atomic mass is 35.5. The summed E-state index contributed by atoms with van der Waals surface area (Å²) >= 11 is 5.44. The predicted molar refractivity (Wildman–Crippen MR) is 60.4 cm³/mol. The molecule has 0 bridgehead atoms. The molecule has 0 aliphatic heterocycles. The van der Waals surface area contributed by atoms with Crippen molar-refractivity contribution >= 4 is 23.2 Å². The third-order valence-electron chi connectivity index (χ3n) is 1.85. The number of nitro groups is 1. The Bertz CT molecular complexity index is 490. The zero-order valence-corrected chi connectivity index (χ0v) is 9.33. The lowest BCUT2D eigenvalue weighted by Gasteiger charge is -2.03. The van der Waals surface area contributed by atoms with Crippen LogP contribution < -0.4 is 5.32 Å². The molecule has 1 N–H and O–H groups in total. The normalized spacial score (nSPS) is 9.76. The van der Waals surface area contributed by atoms with E-state index in [2.05, 4.69) is 11.9 Å². The van der Waals surface area contributed by atoms with Crippen molar-refractivity contribution in [2.45, 2.75) is 0 Å². The van der Waals surface area contributed by atoms with E-state index in [4.69, 9.17) is 11.6 Å². The van der Waals surface area contributed by atoms with Gasteiger partial charge in [-0.2, -0.15) is 4.39 Å². The van der Waals surface area contributed by atoms with Crippen molar-refractivity contribution in [3.05, 3.63) is 51.3 Å². The van der Waals surface area contributed by atoms with E-state index in [1.54, 1.807) is 0 Å². The maximum absolute atomic E-state index is 13.0. The van der Waals surface area contributed by atoms with Gasteiger partial charge in [-0.3, -0.25) is 14.9 Å². The van der Waals surface area contributed by atoms with Crippen LogP contribution in [0.2, 0.25) is 0 Å². The van der Waals surface area contributed by atoms with Crippen LogP contribution in [-0.4, -0.2) is 17.4 Å². The van der Waals surface area contributed by atoms with E-state index in [0.29, 0.717) is 0 Å². The van der Waals surface area contributed by atoms with Gasteiger partial charge in [-0.05, 0) is 12.1 Å². The van der Waals surface area contributed by atoms with Gasteiger partial charge in [0.25, 0.3) is 5.91 Å². The maximum Gasteiger partial charge on any atom is 0.305 e. The summed E-state index contributed by atoms with van der Waals surface area (Å²) in [4.78, 5) is 21.0. The van der Waals surface area contributed by atoms with E-state index in [1.165, 1.54) is 0 Å². The van der Waals surface area contributed by atoms with Gasteiger partial charge < -0.3 is 5.32 Å². The largest absolute Gasteiger partial charge is 0.347 e. The molecular weight excluding hydrogens is 251 g/mol. The SMILES string of the molecule is C=C(Cl)CNC(=O)c1ccc(F)c([N+](=O)[O-])c1. The highest BCUT2D eigenvalue weighted by Gasteiger charge is 2.17. The van der Waals surface area contributed by atoms with Gasteiger partial charge in [-0.1, -0.05) is 18.2 Å². The molecule has 0 saturated carbocycles. The number of rotatable bonds is 4. The van der Waals surface area contributed by atoms with Crippen LogP contribution in [0, 0.1) is 15.9 Å². The third kappa shape index (κ3) is 3.53. The Morgan fingerprint density at radius 3 is 2.76 bits per heavy atom. The predicted octanol–water partition coefficient (Wildman–Crippen LogP) is 2.22. The highest BCUT2D eigenvalue weighted by molar-refractivity contribution is 6.29. The van der Waals surface area contributed by atoms with E-state index >= 15 is 0 Å². The minimum Gasteiger partial charge on any atom is -0.347 e. The third-order valence-corrected chi connectivity index (χ3v) is 1.98. The van der Waals surface area contributed by atoms with Gasteiger partial charge in [-0.25, -0.2) is 0 Å². The van der Waals surface area contributed by atoms with Crippen molar-refractivity contribution in [3.63, 3.8) is 0 Å². The van der Waals surface area contributed by atoms with Crippen molar-refractivity contribution in [1.82, 2.24) is 5.32 Å². The Kier molecular flexibility index (Phi) is 4.17. The smallest absolute Gasteiger partial charge is 0.305 e. The molecule has 0 heterocycles. The zero-order chi connectivity index (χ0) is 13.0. The van der Waals surface area contributed by atoms with E-state index in [1.807, 2.05) is 0 Å². The Morgan fingerprint density at radius 2 is 2.24 bits per heavy atom. The van der Waals surface area contributed by atoms with Crippen molar-refractivity contribution in [3.8, 4) is 0 Å². The Labute approximate surface area is 101 Å². The van der Waals surface area contributed by atoms with Crippen molar-refractivity contribution in [2.75, 3.05) is 6.54 Å². The zero-order valence-electron chi connectivity index (χ0n) is 8.57. The van der Waals surface area contributed by atoms with Crippen LogP contribution in [0.5, 0.6) is 0 Å². The summed E-state index contributed by atoms with van der Waals surface area (Å²) in [6.45, 7) is 3.40. The number of carbonyl (C=O) groups excluding carboxylic acids is 1. The van der Waals surface area contributed by atoms with Gasteiger partial charge >= 0.3 is 5.69 Å². The van der Waals surface area contributed by atoms with Crippen LogP contribution in [0.3, 0.4) is 0 Å². The van der Waals surface area contributed by atoms with Gasteiger partial charge in [0.2, 0.25) is 5.82 Å². The number of benzene rings is 1. The Hall–Kier alpha value is -1.95. The van der Waals surface area contributed by atoms with Crippen molar-refractivity contribution in [2.24, 2.45) is 0 Å². The molecule has 7 heteroatoms. The minimum atomic E-state index is -0.992. The fraction of sp³-hybridized carbons (Fsp3) is 0.100. The second-order valence-electron chi connectivity index (χ2n) is 3.12. The summed E-state index contributed by atoms with van der Waals surface area (Å²) in [5.74, 6) is -1.58. The fourth-order valence-corrected chi connectivity index (χ4v) is 1.14. The first kappa shape index (κ1) is 13.1. The number of amides is 1. The average molecular weight is 259 g/mol. The number of halogens is 2. The van der Waals surface area contributed by atoms with Gasteiger partial charge in [0.05, 0.1) is 11.5 Å². The molecule has 0 saturated heterocycles. The standard InChI is InChI=1S/C10H8ClFN2O3/c1-6(11)5-13-10(15)7-2-3-8(12)9(4-7)14(16)17/h2-4H,1,5H2,(H,13,15). The lowest BCUT2D eigenvalue weighted by Crippen LogP contribution is -2.24. The van der Waals surface area contributed by atoms with Gasteiger partial charge in [-0.15, -0.1) is 0 Å². The molecule has 0 fully saturated rings. The molecular formula is C10H8ClFN2O3. The molecule has 5 nitrogen and oxygen atoms in total. The number of hydrogen-bond donors (Lipinski definition) is 1. The van der Waals surface area contributed by atoms with Gasteiger partial charge in [0.15, 0.2) is 0 Å². The molecule has 0 aromatic heterocycles. The summed E-state index contributed by atoms with van der Waals surface area (Å²) in [7, 11) is 0. The van der Waals surface area contributed by atoms with Crippen LogP contribution in [0.1, 0.15) is 10.4 Å². The number of nitro benzene ring substituents is 1.